The normalized spacial score (nSPS) is 24.1. The molecule has 2 N–H and O–H groups in total. The third-order valence-corrected chi connectivity index (χ3v) is 3.89. The lowest BCUT2D eigenvalue weighted by atomic mass is 9.93. The van der Waals surface area contributed by atoms with Gasteiger partial charge in [0.15, 0.2) is 0 Å². The summed E-state index contributed by atoms with van der Waals surface area (Å²) in [5, 5.41) is 13.7. The summed E-state index contributed by atoms with van der Waals surface area (Å²) >= 11 is 0. The molecule has 1 fully saturated rings. The molecule has 2 rings (SSSR count). The molecule has 2 atom stereocenters. The molecule has 0 amide bonds. The second-order valence-corrected chi connectivity index (χ2v) is 5.20. The topological polar surface area (TPSA) is 70.9 Å². The molecule has 5 heteroatoms. The van der Waals surface area contributed by atoms with Crippen molar-refractivity contribution in [3.8, 4) is 6.07 Å². The molecular formula is C13H21N5. The van der Waals surface area contributed by atoms with E-state index in [2.05, 4.69) is 23.0 Å². The fourth-order valence-electron chi connectivity index (χ4n) is 2.78. The third kappa shape index (κ3) is 2.08. The van der Waals surface area contributed by atoms with Gasteiger partial charge in [-0.25, -0.2) is 0 Å². The van der Waals surface area contributed by atoms with Gasteiger partial charge in [-0.05, 0) is 39.2 Å². The van der Waals surface area contributed by atoms with Gasteiger partial charge < -0.3 is 10.6 Å². The second-order valence-electron chi connectivity index (χ2n) is 5.20. The van der Waals surface area contributed by atoms with Gasteiger partial charge >= 0.3 is 0 Å². The molecule has 1 aromatic rings. The van der Waals surface area contributed by atoms with Crippen molar-refractivity contribution in [2.24, 2.45) is 18.7 Å². The van der Waals surface area contributed by atoms with Crippen LogP contribution in [-0.4, -0.2) is 28.9 Å². The summed E-state index contributed by atoms with van der Waals surface area (Å²) in [7, 11) is 1.90. The zero-order valence-corrected chi connectivity index (χ0v) is 11.3. The Bertz CT molecular complexity index is 470. The monoisotopic (exact) mass is 247 g/mol. The quantitative estimate of drug-likeness (QED) is 0.851. The Hall–Kier alpha value is -1.54. The summed E-state index contributed by atoms with van der Waals surface area (Å²) in [6.07, 6.45) is 2.30. The summed E-state index contributed by atoms with van der Waals surface area (Å²) in [6.45, 7) is 5.72. The number of nitrogens with two attached hydrogens (primary N) is 1. The number of nitriles is 1. The maximum absolute atomic E-state index is 9.30. The Morgan fingerprint density at radius 3 is 2.83 bits per heavy atom. The Morgan fingerprint density at radius 1 is 1.50 bits per heavy atom. The van der Waals surface area contributed by atoms with E-state index in [0.717, 1.165) is 24.5 Å². The summed E-state index contributed by atoms with van der Waals surface area (Å²) < 4.78 is 1.82. The lowest BCUT2D eigenvalue weighted by Crippen LogP contribution is -2.45. The van der Waals surface area contributed by atoms with E-state index < -0.39 is 0 Å². The van der Waals surface area contributed by atoms with Crippen LogP contribution in [-0.2, 0) is 7.05 Å². The van der Waals surface area contributed by atoms with Crippen molar-refractivity contribution in [3.63, 3.8) is 0 Å². The van der Waals surface area contributed by atoms with Crippen LogP contribution in [0.2, 0.25) is 0 Å². The first-order valence-electron chi connectivity index (χ1n) is 6.48. The zero-order chi connectivity index (χ0) is 13.3. The Kier molecular flexibility index (Phi) is 3.58. The highest BCUT2D eigenvalue weighted by Gasteiger charge is 2.29. The standard InChI is InChI=1S/C13H21N5/c1-9-4-5-11(6-14)8-18(9)13-12(7-15)10(2)16-17(13)3/h9,11H,4-6,8,14H2,1-3H3. The lowest BCUT2D eigenvalue weighted by molar-refractivity contribution is 0.368. The maximum atomic E-state index is 9.30. The molecule has 0 spiro atoms. The minimum atomic E-state index is 0.440. The highest BCUT2D eigenvalue weighted by molar-refractivity contribution is 5.57. The van der Waals surface area contributed by atoms with Gasteiger partial charge in [0.05, 0.1) is 5.69 Å². The summed E-state index contributed by atoms with van der Waals surface area (Å²) in [6, 6.07) is 2.72. The zero-order valence-electron chi connectivity index (χ0n) is 11.3. The van der Waals surface area contributed by atoms with E-state index in [9.17, 15) is 5.26 Å². The molecule has 0 aliphatic carbocycles. The molecule has 98 valence electrons. The molecule has 1 aliphatic rings. The number of hydrogen-bond acceptors (Lipinski definition) is 4. The lowest BCUT2D eigenvalue weighted by Gasteiger charge is -2.39. The largest absolute Gasteiger partial charge is 0.353 e. The number of hydrogen-bond donors (Lipinski definition) is 1. The van der Waals surface area contributed by atoms with Gasteiger partial charge in [-0.15, -0.1) is 0 Å². The number of nitrogens with zero attached hydrogens (tertiary/aromatic N) is 4. The van der Waals surface area contributed by atoms with Crippen molar-refractivity contribution in [1.82, 2.24) is 9.78 Å². The first-order chi connectivity index (χ1) is 8.58. The Morgan fingerprint density at radius 2 is 2.22 bits per heavy atom. The average Bonchev–Trinajstić information content (AvgIpc) is 2.64. The van der Waals surface area contributed by atoms with E-state index in [1.165, 1.54) is 6.42 Å². The van der Waals surface area contributed by atoms with Crippen LogP contribution in [0.1, 0.15) is 31.0 Å². The van der Waals surface area contributed by atoms with Gasteiger partial charge in [-0.2, -0.15) is 10.4 Å². The van der Waals surface area contributed by atoms with Crippen LogP contribution in [0, 0.1) is 24.2 Å². The van der Waals surface area contributed by atoms with Crippen LogP contribution in [0.15, 0.2) is 0 Å². The molecule has 0 bridgehead atoms. The molecule has 0 saturated carbocycles. The third-order valence-electron chi connectivity index (χ3n) is 3.89. The van der Waals surface area contributed by atoms with Gasteiger partial charge in [-0.3, -0.25) is 4.68 Å². The molecule has 18 heavy (non-hydrogen) atoms. The highest BCUT2D eigenvalue weighted by atomic mass is 15.4. The van der Waals surface area contributed by atoms with Gasteiger partial charge in [0.2, 0.25) is 0 Å². The average molecular weight is 247 g/mol. The van der Waals surface area contributed by atoms with Crippen molar-refractivity contribution < 1.29 is 0 Å². The van der Waals surface area contributed by atoms with Gasteiger partial charge in [-0.1, -0.05) is 0 Å². The Balaban J connectivity index is 2.38. The van der Waals surface area contributed by atoms with Gasteiger partial charge in [0.25, 0.3) is 0 Å². The maximum Gasteiger partial charge on any atom is 0.145 e. The number of rotatable bonds is 2. The van der Waals surface area contributed by atoms with E-state index in [1.807, 2.05) is 18.7 Å². The number of piperidine rings is 1. The van der Waals surface area contributed by atoms with E-state index in [-0.39, 0.29) is 0 Å². The smallest absolute Gasteiger partial charge is 0.145 e. The Labute approximate surface area is 108 Å². The molecule has 0 radical (unpaired) electrons. The van der Waals surface area contributed by atoms with Crippen molar-refractivity contribution >= 4 is 5.82 Å². The van der Waals surface area contributed by atoms with Crippen LogP contribution < -0.4 is 10.6 Å². The molecule has 1 aliphatic heterocycles. The SMILES string of the molecule is Cc1nn(C)c(N2CC(CN)CCC2C)c1C#N. The number of aryl methyl sites for hydroxylation is 2. The van der Waals surface area contributed by atoms with Gasteiger partial charge in [0, 0.05) is 19.6 Å². The first kappa shape index (κ1) is 12.9. The van der Waals surface area contributed by atoms with E-state index in [4.69, 9.17) is 5.73 Å². The predicted octanol–water partition coefficient (Wildman–Crippen LogP) is 1.16. The number of aromatic nitrogens is 2. The molecule has 1 aromatic heterocycles. The molecule has 0 aromatic carbocycles. The minimum Gasteiger partial charge on any atom is -0.353 e. The van der Waals surface area contributed by atoms with Gasteiger partial charge in [0.1, 0.15) is 17.5 Å². The van der Waals surface area contributed by atoms with Crippen molar-refractivity contribution in [1.29, 1.82) is 5.26 Å². The van der Waals surface area contributed by atoms with E-state index in [0.29, 0.717) is 24.1 Å². The fourth-order valence-corrected chi connectivity index (χ4v) is 2.78. The predicted molar refractivity (Wildman–Crippen MR) is 71.2 cm³/mol. The molecular weight excluding hydrogens is 226 g/mol. The summed E-state index contributed by atoms with van der Waals surface area (Å²) in [4.78, 5) is 2.29. The first-order valence-corrected chi connectivity index (χ1v) is 6.48. The van der Waals surface area contributed by atoms with Crippen molar-refractivity contribution in [3.05, 3.63) is 11.3 Å². The number of anilines is 1. The summed E-state index contributed by atoms with van der Waals surface area (Å²) in [5.74, 6) is 1.46. The van der Waals surface area contributed by atoms with E-state index in [1.54, 1.807) is 0 Å². The highest BCUT2D eigenvalue weighted by Crippen LogP contribution is 2.30. The summed E-state index contributed by atoms with van der Waals surface area (Å²) in [5.41, 5.74) is 7.29. The second kappa shape index (κ2) is 4.99. The molecule has 2 unspecified atom stereocenters. The van der Waals surface area contributed by atoms with Crippen LogP contribution in [0.4, 0.5) is 5.82 Å². The molecule has 1 saturated heterocycles. The van der Waals surface area contributed by atoms with Crippen LogP contribution in [0.3, 0.4) is 0 Å². The molecule has 5 nitrogen and oxygen atoms in total. The van der Waals surface area contributed by atoms with Crippen LogP contribution >= 0.6 is 0 Å². The van der Waals surface area contributed by atoms with Crippen LogP contribution in [0.5, 0.6) is 0 Å². The fraction of sp³-hybridized carbons (Fsp3) is 0.692. The van der Waals surface area contributed by atoms with Crippen molar-refractivity contribution in [2.45, 2.75) is 32.7 Å². The molecule has 2 heterocycles. The van der Waals surface area contributed by atoms with Crippen LogP contribution in [0.25, 0.3) is 0 Å². The van der Waals surface area contributed by atoms with Crippen molar-refractivity contribution in [2.75, 3.05) is 18.0 Å². The minimum absolute atomic E-state index is 0.440. The van der Waals surface area contributed by atoms with E-state index >= 15 is 0 Å².